The van der Waals surface area contributed by atoms with E-state index in [1.54, 1.807) is 12.1 Å². The zero-order valence-electron chi connectivity index (χ0n) is 11.5. The predicted molar refractivity (Wildman–Crippen MR) is 72.9 cm³/mol. The van der Waals surface area contributed by atoms with Gasteiger partial charge < -0.3 is 9.84 Å². The summed E-state index contributed by atoms with van der Waals surface area (Å²) in [5.74, 6) is 0.333. The van der Waals surface area contributed by atoms with Crippen LogP contribution in [0.1, 0.15) is 26.3 Å². The molecule has 100 valence electrons. The first-order valence-corrected chi connectivity index (χ1v) is 6.72. The minimum atomic E-state index is 0.316. The molecule has 1 aromatic rings. The molecule has 0 saturated carbocycles. The zero-order valence-corrected chi connectivity index (χ0v) is 11.5. The van der Waals surface area contributed by atoms with E-state index < -0.39 is 0 Å². The quantitative estimate of drug-likeness (QED) is 0.893. The summed E-state index contributed by atoms with van der Waals surface area (Å²) in [7, 11) is 0. The fourth-order valence-electron chi connectivity index (χ4n) is 2.68. The summed E-state index contributed by atoms with van der Waals surface area (Å²) < 4.78 is 5.76. The maximum Gasteiger partial charge on any atom is 0.115 e. The van der Waals surface area contributed by atoms with Crippen molar-refractivity contribution in [1.29, 1.82) is 0 Å². The lowest BCUT2D eigenvalue weighted by atomic mass is 10.0. The number of hydrogen-bond donors (Lipinski definition) is 1. The number of aromatic hydroxyl groups is 1. The number of benzene rings is 1. The average Bonchev–Trinajstić information content (AvgIpc) is 2.31. The molecule has 2 rings (SSSR count). The molecule has 1 aliphatic heterocycles. The Bertz CT molecular complexity index is 367. The van der Waals surface area contributed by atoms with Crippen LogP contribution >= 0.6 is 0 Å². The Morgan fingerprint density at radius 2 is 1.78 bits per heavy atom. The highest BCUT2D eigenvalue weighted by atomic mass is 16.5. The van der Waals surface area contributed by atoms with Crippen LogP contribution in [0.4, 0.5) is 0 Å². The molecular weight excluding hydrogens is 226 g/mol. The summed E-state index contributed by atoms with van der Waals surface area (Å²) in [5.41, 5.74) is 1.27. The SMILES string of the molecule is CC(Cc1ccc(O)cc1)N1C[C@@H](C)O[C@@H](C)C1. The van der Waals surface area contributed by atoms with Crippen LogP contribution < -0.4 is 0 Å². The van der Waals surface area contributed by atoms with Gasteiger partial charge in [-0.05, 0) is 44.9 Å². The Balaban J connectivity index is 1.94. The summed E-state index contributed by atoms with van der Waals surface area (Å²) >= 11 is 0. The average molecular weight is 249 g/mol. The first-order chi connectivity index (χ1) is 8.54. The summed E-state index contributed by atoms with van der Waals surface area (Å²) in [4.78, 5) is 2.49. The predicted octanol–water partition coefficient (Wildman–Crippen LogP) is 2.43. The molecule has 18 heavy (non-hydrogen) atoms. The van der Waals surface area contributed by atoms with Gasteiger partial charge in [0.05, 0.1) is 12.2 Å². The van der Waals surface area contributed by atoms with Gasteiger partial charge in [-0.2, -0.15) is 0 Å². The topological polar surface area (TPSA) is 32.7 Å². The van der Waals surface area contributed by atoms with Gasteiger partial charge in [-0.15, -0.1) is 0 Å². The van der Waals surface area contributed by atoms with E-state index in [-0.39, 0.29) is 0 Å². The summed E-state index contributed by atoms with van der Waals surface area (Å²) in [6, 6.07) is 8.01. The minimum absolute atomic E-state index is 0.316. The maximum absolute atomic E-state index is 9.28. The van der Waals surface area contributed by atoms with Gasteiger partial charge in [-0.25, -0.2) is 0 Å². The number of nitrogens with zero attached hydrogens (tertiary/aromatic N) is 1. The van der Waals surface area contributed by atoms with Crippen molar-refractivity contribution in [3.05, 3.63) is 29.8 Å². The fraction of sp³-hybridized carbons (Fsp3) is 0.600. The van der Waals surface area contributed by atoms with Crippen molar-refractivity contribution in [2.45, 2.75) is 45.4 Å². The van der Waals surface area contributed by atoms with Crippen LogP contribution in [-0.4, -0.2) is 41.3 Å². The van der Waals surface area contributed by atoms with Crippen LogP contribution in [0.5, 0.6) is 5.75 Å². The number of rotatable bonds is 3. The minimum Gasteiger partial charge on any atom is -0.508 e. The fourth-order valence-corrected chi connectivity index (χ4v) is 2.68. The molecule has 0 aromatic heterocycles. The van der Waals surface area contributed by atoms with E-state index in [0.717, 1.165) is 19.5 Å². The Hall–Kier alpha value is -1.06. The largest absolute Gasteiger partial charge is 0.508 e. The number of phenolic OH excluding ortho intramolecular Hbond substituents is 1. The Morgan fingerprint density at radius 1 is 1.22 bits per heavy atom. The second-order valence-electron chi connectivity index (χ2n) is 5.43. The van der Waals surface area contributed by atoms with Crippen molar-refractivity contribution < 1.29 is 9.84 Å². The lowest BCUT2D eigenvalue weighted by Crippen LogP contribution is -2.49. The standard InChI is InChI=1S/C15H23NO2/c1-11(8-14-4-6-15(17)7-5-14)16-9-12(2)18-13(3)10-16/h4-7,11-13,17H,8-10H2,1-3H3/t11?,12-,13+. The smallest absolute Gasteiger partial charge is 0.115 e. The zero-order chi connectivity index (χ0) is 13.1. The highest BCUT2D eigenvalue weighted by Crippen LogP contribution is 2.17. The van der Waals surface area contributed by atoms with Gasteiger partial charge in [-0.3, -0.25) is 4.90 Å². The lowest BCUT2D eigenvalue weighted by molar-refractivity contribution is -0.0782. The number of phenols is 1. The lowest BCUT2D eigenvalue weighted by Gasteiger charge is -2.39. The molecule has 1 aromatic carbocycles. The van der Waals surface area contributed by atoms with Crippen LogP contribution in [0, 0.1) is 0 Å². The second-order valence-corrected chi connectivity index (χ2v) is 5.43. The molecule has 3 nitrogen and oxygen atoms in total. The molecular formula is C15H23NO2. The molecule has 0 bridgehead atoms. The summed E-state index contributed by atoms with van der Waals surface area (Å²) in [6.07, 6.45) is 1.65. The molecule has 1 N–H and O–H groups in total. The molecule has 0 aliphatic carbocycles. The van der Waals surface area contributed by atoms with E-state index in [1.165, 1.54) is 5.56 Å². The van der Waals surface area contributed by atoms with Crippen molar-refractivity contribution in [1.82, 2.24) is 4.90 Å². The van der Waals surface area contributed by atoms with Crippen LogP contribution in [0.2, 0.25) is 0 Å². The molecule has 1 aliphatic rings. The highest BCUT2D eigenvalue weighted by Gasteiger charge is 2.25. The van der Waals surface area contributed by atoms with Crippen LogP contribution in [0.25, 0.3) is 0 Å². The van der Waals surface area contributed by atoms with Gasteiger partial charge in [0.25, 0.3) is 0 Å². The normalized spacial score (nSPS) is 27.1. The van der Waals surface area contributed by atoms with Crippen molar-refractivity contribution in [2.75, 3.05) is 13.1 Å². The first-order valence-electron chi connectivity index (χ1n) is 6.72. The first kappa shape index (κ1) is 13.4. The number of ether oxygens (including phenoxy) is 1. The van der Waals surface area contributed by atoms with Gasteiger partial charge in [-0.1, -0.05) is 12.1 Å². The van der Waals surface area contributed by atoms with Crippen molar-refractivity contribution in [3.63, 3.8) is 0 Å². The third-order valence-electron chi connectivity index (χ3n) is 3.54. The number of hydrogen-bond acceptors (Lipinski definition) is 3. The third kappa shape index (κ3) is 3.47. The Morgan fingerprint density at radius 3 is 2.33 bits per heavy atom. The molecule has 3 atom stereocenters. The monoisotopic (exact) mass is 249 g/mol. The van der Waals surface area contributed by atoms with Crippen LogP contribution in [0.3, 0.4) is 0 Å². The van der Waals surface area contributed by atoms with Crippen LogP contribution in [-0.2, 0) is 11.2 Å². The van der Waals surface area contributed by atoms with Crippen molar-refractivity contribution >= 4 is 0 Å². The molecule has 0 amide bonds. The molecule has 0 spiro atoms. The Kier molecular flexibility index (Phi) is 4.25. The van der Waals surface area contributed by atoms with Crippen molar-refractivity contribution in [3.8, 4) is 5.75 Å². The number of morpholine rings is 1. The molecule has 1 unspecified atom stereocenters. The van der Waals surface area contributed by atoms with E-state index in [0.29, 0.717) is 24.0 Å². The van der Waals surface area contributed by atoms with Gasteiger partial charge in [0.2, 0.25) is 0 Å². The highest BCUT2D eigenvalue weighted by molar-refractivity contribution is 5.26. The van der Waals surface area contributed by atoms with Crippen LogP contribution in [0.15, 0.2) is 24.3 Å². The van der Waals surface area contributed by atoms with E-state index >= 15 is 0 Å². The molecule has 1 heterocycles. The second kappa shape index (κ2) is 5.72. The van der Waals surface area contributed by atoms with E-state index in [9.17, 15) is 5.11 Å². The van der Waals surface area contributed by atoms with Crippen molar-refractivity contribution in [2.24, 2.45) is 0 Å². The molecule has 1 saturated heterocycles. The van der Waals surface area contributed by atoms with E-state index in [4.69, 9.17) is 4.74 Å². The van der Waals surface area contributed by atoms with Gasteiger partial charge in [0.1, 0.15) is 5.75 Å². The third-order valence-corrected chi connectivity index (χ3v) is 3.54. The van der Waals surface area contributed by atoms with Gasteiger partial charge in [0, 0.05) is 19.1 Å². The van der Waals surface area contributed by atoms with E-state index in [1.807, 2.05) is 12.1 Å². The maximum atomic E-state index is 9.28. The van der Waals surface area contributed by atoms with E-state index in [2.05, 4.69) is 25.7 Å². The molecule has 1 fully saturated rings. The molecule has 3 heteroatoms. The Labute approximate surface area is 109 Å². The summed E-state index contributed by atoms with van der Waals surface area (Å²) in [6.45, 7) is 8.54. The van der Waals surface area contributed by atoms with Gasteiger partial charge >= 0.3 is 0 Å². The molecule has 0 radical (unpaired) electrons. The summed E-state index contributed by atoms with van der Waals surface area (Å²) in [5, 5.41) is 9.28. The van der Waals surface area contributed by atoms with Gasteiger partial charge in [0.15, 0.2) is 0 Å².